The van der Waals surface area contributed by atoms with Crippen molar-refractivity contribution in [2.24, 2.45) is 0 Å². The van der Waals surface area contributed by atoms with Gasteiger partial charge in [-0.2, -0.15) is 0 Å². The summed E-state index contributed by atoms with van der Waals surface area (Å²) >= 11 is 3.05. The average molecular weight is 263 g/mol. The van der Waals surface area contributed by atoms with Crippen LogP contribution in [0.5, 0.6) is 0 Å². The largest absolute Gasteiger partial charge is 0.465 e. The Balaban J connectivity index is 0.000000791. The van der Waals surface area contributed by atoms with Gasteiger partial charge in [0.15, 0.2) is 0 Å². The zero-order chi connectivity index (χ0) is 11.1. The number of halogens is 2. The van der Waals surface area contributed by atoms with Crippen molar-refractivity contribution in [2.45, 2.75) is 13.8 Å². The summed E-state index contributed by atoms with van der Waals surface area (Å²) in [5.41, 5.74) is 0.318. The molecule has 2 nitrogen and oxygen atoms in total. The van der Waals surface area contributed by atoms with E-state index in [0.29, 0.717) is 10.0 Å². The van der Waals surface area contributed by atoms with Crippen molar-refractivity contribution >= 4 is 21.9 Å². The summed E-state index contributed by atoms with van der Waals surface area (Å²) in [6.45, 7) is 4.00. The third-order valence-electron chi connectivity index (χ3n) is 1.34. The van der Waals surface area contributed by atoms with Gasteiger partial charge in [-0.25, -0.2) is 9.18 Å². The number of benzene rings is 1. The number of carbonyl (C=O) groups excluding carboxylic acids is 1. The van der Waals surface area contributed by atoms with Crippen molar-refractivity contribution in [2.75, 3.05) is 7.11 Å². The van der Waals surface area contributed by atoms with Crippen molar-refractivity contribution in [3.63, 3.8) is 0 Å². The monoisotopic (exact) mass is 262 g/mol. The fraction of sp³-hybridized carbons (Fsp3) is 0.300. The summed E-state index contributed by atoms with van der Waals surface area (Å²) in [7, 11) is 1.28. The fourth-order valence-corrected chi connectivity index (χ4v) is 1.28. The van der Waals surface area contributed by atoms with Gasteiger partial charge in [-0.3, -0.25) is 0 Å². The van der Waals surface area contributed by atoms with E-state index in [-0.39, 0.29) is 0 Å². The Kier molecular flexibility index (Phi) is 6.12. The predicted molar refractivity (Wildman–Crippen MR) is 56.8 cm³/mol. The van der Waals surface area contributed by atoms with E-state index in [4.69, 9.17) is 0 Å². The number of hydrogen-bond acceptors (Lipinski definition) is 2. The lowest BCUT2D eigenvalue weighted by atomic mass is 10.2. The number of methoxy groups -OCH3 is 1. The highest BCUT2D eigenvalue weighted by Gasteiger charge is 2.09. The van der Waals surface area contributed by atoms with E-state index in [9.17, 15) is 9.18 Å². The SMILES string of the molecule is CC.COC(=O)c1ccc(F)cc1Br. The first kappa shape index (κ1) is 13.1. The highest BCUT2D eigenvalue weighted by atomic mass is 79.9. The molecule has 0 atom stereocenters. The Bertz CT molecular complexity index is 313. The lowest BCUT2D eigenvalue weighted by Gasteiger charge is -2.00. The van der Waals surface area contributed by atoms with Crippen molar-refractivity contribution < 1.29 is 13.9 Å². The molecule has 0 aliphatic rings. The van der Waals surface area contributed by atoms with Crippen molar-refractivity contribution in [3.05, 3.63) is 34.1 Å². The third-order valence-corrected chi connectivity index (χ3v) is 1.99. The molecule has 0 saturated carbocycles. The first-order valence-electron chi connectivity index (χ1n) is 4.18. The first-order valence-corrected chi connectivity index (χ1v) is 4.98. The van der Waals surface area contributed by atoms with Gasteiger partial charge >= 0.3 is 5.97 Å². The Morgan fingerprint density at radius 3 is 2.43 bits per heavy atom. The summed E-state index contributed by atoms with van der Waals surface area (Å²) in [4.78, 5) is 11.0. The van der Waals surface area contributed by atoms with Gasteiger partial charge in [-0.05, 0) is 34.1 Å². The Morgan fingerprint density at radius 2 is 2.00 bits per heavy atom. The first-order chi connectivity index (χ1) is 6.65. The molecule has 0 aliphatic carbocycles. The third kappa shape index (κ3) is 3.46. The molecular weight excluding hydrogens is 251 g/mol. The molecule has 78 valence electrons. The molecule has 0 amide bonds. The second kappa shape index (κ2) is 6.54. The van der Waals surface area contributed by atoms with Crippen LogP contribution in [0, 0.1) is 5.82 Å². The average Bonchev–Trinajstić information content (AvgIpc) is 2.20. The topological polar surface area (TPSA) is 26.3 Å². The van der Waals surface area contributed by atoms with Gasteiger partial charge in [-0.15, -0.1) is 0 Å². The summed E-state index contributed by atoms with van der Waals surface area (Å²) < 4.78 is 17.4. The van der Waals surface area contributed by atoms with Crippen LogP contribution in [0.1, 0.15) is 24.2 Å². The van der Waals surface area contributed by atoms with Crippen LogP contribution in [0.2, 0.25) is 0 Å². The van der Waals surface area contributed by atoms with E-state index in [2.05, 4.69) is 20.7 Å². The van der Waals surface area contributed by atoms with Crippen molar-refractivity contribution in [1.29, 1.82) is 0 Å². The maximum absolute atomic E-state index is 12.5. The minimum Gasteiger partial charge on any atom is -0.465 e. The van der Waals surface area contributed by atoms with Crippen molar-refractivity contribution in [1.82, 2.24) is 0 Å². The molecule has 0 unspecified atom stereocenters. The van der Waals surface area contributed by atoms with E-state index < -0.39 is 11.8 Å². The molecule has 0 N–H and O–H groups in total. The van der Waals surface area contributed by atoms with Crippen LogP contribution >= 0.6 is 15.9 Å². The number of rotatable bonds is 1. The van der Waals surface area contributed by atoms with Crippen molar-refractivity contribution in [3.8, 4) is 0 Å². The number of esters is 1. The molecule has 0 spiro atoms. The second-order valence-corrected chi connectivity index (χ2v) is 2.97. The number of ether oxygens (including phenoxy) is 1. The highest BCUT2D eigenvalue weighted by Crippen LogP contribution is 2.18. The minimum absolute atomic E-state index is 0.318. The molecule has 0 heterocycles. The second-order valence-electron chi connectivity index (χ2n) is 2.12. The van der Waals surface area contributed by atoms with Gasteiger partial charge in [0.05, 0.1) is 12.7 Å². The van der Waals surface area contributed by atoms with Gasteiger partial charge in [-0.1, -0.05) is 13.8 Å². The maximum atomic E-state index is 12.5. The van der Waals surface area contributed by atoms with Crippen LogP contribution in [0.15, 0.2) is 22.7 Å². The molecule has 1 aromatic carbocycles. The number of hydrogen-bond donors (Lipinski definition) is 0. The zero-order valence-electron chi connectivity index (χ0n) is 8.30. The molecule has 0 radical (unpaired) electrons. The Labute approximate surface area is 91.2 Å². The van der Waals surface area contributed by atoms with Crippen LogP contribution in [0.3, 0.4) is 0 Å². The van der Waals surface area contributed by atoms with Gasteiger partial charge in [0.1, 0.15) is 5.82 Å². The lowest BCUT2D eigenvalue weighted by molar-refractivity contribution is 0.0599. The van der Waals surface area contributed by atoms with E-state index in [1.165, 1.54) is 25.3 Å². The van der Waals surface area contributed by atoms with E-state index in [1.54, 1.807) is 0 Å². The molecule has 0 fully saturated rings. The normalized spacial score (nSPS) is 8.64. The quantitative estimate of drug-likeness (QED) is 0.726. The van der Waals surface area contributed by atoms with Crippen LogP contribution in [0.4, 0.5) is 4.39 Å². The van der Waals surface area contributed by atoms with E-state index >= 15 is 0 Å². The highest BCUT2D eigenvalue weighted by molar-refractivity contribution is 9.10. The maximum Gasteiger partial charge on any atom is 0.339 e. The van der Waals surface area contributed by atoms with Gasteiger partial charge in [0, 0.05) is 4.47 Å². The summed E-state index contributed by atoms with van der Waals surface area (Å²) in [5.74, 6) is -0.878. The Morgan fingerprint density at radius 1 is 1.43 bits per heavy atom. The minimum atomic E-state index is -0.484. The van der Waals surface area contributed by atoms with Crippen LogP contribution in [-0.2, 0) is 4.74 Å². The summed E-state index contributed by atoms with van der Waals surface area (Å²) in [5, 5.41) is 0. The molecule has 1 aromatic rings. The molecule has 0 aliphatic heterocycles. The molecule has 4 heteroatoms. The van der Waals surface area contributed by atoms with Crippen LogP contribution in [-0.4, -0.2) is 13.1 Å². The standard InChI is InChI=1S/C8H6BrFO2.C2H6/c1-12-8(11)6-3-2-5(10)4-7(6)9;1-2/h2-4H,1H3;1-2H3. The van der Waals surface area contributed by atoms with Crippen LogP contribution in [0.25, 0.3) is 0 Å². The smallest absolute Gasteiger partial charge is 0.339 e. The lowest BCUT2D eigenvalue weighted by Crippen LogP contribution is -2.02. The molecular formula is C10H12BrFO2. The summed E-state index contributed by atoms with van der Waals surface area (Å²) in [6.07, 6.45) is 0. The van der Waals surface area contributed by atoms with Gasteiger partial charge in [0.2, 0.25) is 0 Å². The molecule has 14 heavy (non-hydrogen) atoms. The predicted octanol–water partition coefficient (Wildman–Crippen LogP) is 3.40. The zero-order valence-corrected chi connectivity index (χ0v) is 9.89. The fourth-order valence-electron chi connectivity index (χ4n) is 0.765. The molecule has 0 saturated heterocycles. The van der Waals surface area contributed by atoms with Gasteiger partial charge < -0.3 is 4.74 Å². The molecule has 0 bridgehead atoms. The van der Waals surface area contributed by atoms with E-state index in [1.807, 2.05) is 13.8 Å². The number of carbonyl (C=O) groups is 1. The summed E-state index contributed by atoms with van der Waals surface area (Å²) in [6, 6.07) is 3.79. The molecule has 0 aromatic heterocycles. The van der Waals surface area contributed by atoms with E-state index in [0.717, 1.165) is 0 Å². The van der Waals surface area contributed by atoms with Crippen LogP contribution < -0.4 is 0 Å². The molecule has 1 rings (SSSR count). The van der Waals surface area contributed by atoms with Gasteiger partial charge in [0.25, 0.3) is 0 Å². The Hall–Kier alpha value is -0.900.